The first-order valence-electron chi connectivity index (χ1n) is 6.49. The van der Waals surface area contributed by atoms with Crippen LogP contribution >= 0.6 is 0 Å². The van der Waals surface area contributed by atoms with Crippen LogP contribution in [0.15, 0.2) is 30.3 Å². The summed E-state index contributed by atoms with van der Waals surface area (Å²) in [5.41, 5.74) is 6.17. The third-order valence-electron chi connectivity index (χ3n) is 3.32. The molecule has 1 aliphatic heterocycles. The van der Waals surface area contributed by atoms with Crippen molar-refractivity contribution in [3.05, 3.63) is 35.9 Å². The Hall–Kier alpha value is -2.04. The second kappa shape index (κ2) is 5.73. The van der Waals surface area contributed by atoms with Gasteiger partial charge in [0.25, 0.3) is 0 Å². The zero-order chi connectivity index (χ0) is 13.8. The number of amides is 3. The molecule has 102 valence electrons. The van der Waals surface area contributed by atoms with Crippen molar-refractivity contribution in [2.24, 2.45) is 5.73 Å². The number of cyclic esters (lactones) is 1. The number of unbranched alkanes of at least 4 members (excludes halogenated alkanes) is 1. The van der Waals surface area contributed by atoms with Crippen molar-refractivity contribution in [2.45, 2.75) is 38.3 Å². The van der Waals surface area contributed by atoms with E-state index in [1.54, 1.807) is 0 Å². The molecule has 0 aliphatic carbocycles. The SMILES string of the molecule is CCCCC1C(c2ccccc2)OC(=O)N1C(N)=O. The Bertz CT molecular complexity index is 461. The number of benzene rings is 1. The van der Waals surface area contributed by atoms with Gasteiger partial charge >= 0.3 is 12.1 Å². The second-order valence-electron chi connectivity index (χ2n) is 4.63. The fourth-order valence-electron chi connectivity index (χ4n) is 2.39. The summed E-state index contributed by atoms with van der Waals surface area (Å²) in [7, 11) is 0. The molecule has 2 unspecified atom stereocenters. The maximum Gasteiger partial charge on any atom is 0.419 e. The van der Waals surface area contributed by atoms with E-state index in [2.05, 4.69) is 6.92 Å². The summed E-state index contributed by atoms with van der Waals surface area (Å²) < 4.78 is 5.32. The minimum Gasteiger partial charge on any atom is -0.439 e. The quantitative estimate of drug-likeness (QED) is 0.906. The van der Waals surface area contributed by atoms with Crippen molar-refractivity contribution in [2.75, 3.05) is 0 Å². The lowest BCUT2D eigenvalue weighted by atomic mass is 9.98. The maximum atomic E-state index is 11.8. The van der Waals surface area contributed by atoms with Crippen molar-refractivity contribution >= 4 is 12.1 Å². The summed E-state index contributed by atoms with van der Waals surface area (Å²) in [4.78, 5) is 24.2. The number of ether oxygens (including phenoxy) is 1. The molecule has 1 heterocycles. The van der Waals surface area contributed by atoms with Crippen molar-refractivity contribution in [1.29, 1.82) is 0 Å². The Morgan fingerprint density at radius 1 is 1.37 bits per heavy atom. The maximum absolute atomic E-state index is 11.8. The van der Waals surface area contributed by atoms with Gasteiger partial charge in [-0.15, -0.1) is 0 Å². The number of nitrogens with zero attached hydrogens (tertiary/aromatic N) is 1. The molecule has 0 bridgehead atoms. The summed E-state index contributed by atoms with van der Waals surface area (Å²) in [5, 5.41) is 0. The molecule has 2 rings (SSSR count). The molecule has 1 fully saturated rings. The summed E-state index contributed by atoms with van der Waals surface area (Å²) in [6, 6.07) is 8.38. The highest BCUT2D eigenvalue weighted by atomic mass is 16.6. The highest BCUT2D eigenvalue weighted by Gasteiger charge is 2.44. The lowest BCUT2D eigenvalue weighted by Crippen LogP contribution is -2.42. The fourth-order valence-corrected chi connectivity index (χ4v) is 2.39. The zero-order valence-electron chi connectivity index (χ0n) is 10.9. The van der Waals surface area contributed by atoms with E-state index >= 15 is 0 Å². The number of rotatable bonds is 4. The fraction of sp³-hybridized carbons (Fsp3) is 0.429. The van der Waals surface area contributed by atoms with Gasteiger partial charge in [0, 0.05) is 0 Å². The van der Waals surface area contributed by atoms with E-state index in [0.717, 1.165) is 23.3 Å². The van der Waals surface area contributed by atoms with Crippen LogP contribution in [-0.4, -0.2) is 23.1 Å². The molecule has 0 aromatic heterocycles. The van der Waals surface area contributed by atoms with Crippen LogP contribution in [0.2, 0.25) is 0 Å². The van der Waals surface area contributed by atoms with Crippen molar-refractivity contribution in [1.82, 2.24) is 4.90 Å². The highest BCUT2D eigenvalue weighted by molar-refractivity contribution is 5.92. The number of carbonyl (C=O) groups is 2. The van der Waals surface area contributed by atoms with E-state index in [0.29, 0.717) is 6.42 Å². The third kappa shape index (κ3) is 2.70. The Balaban J connectivity index is 2.27. The van der Waals surface area contributed by atoms with Gasteiger partial charge < -0.3 is 10.5 Å². The number of urea groups is 1. The minimum atomic E-state index is -0.746. The van der Waals surface area contributed by atoms with Crippen LogP contribution in [-0.2, 0) is 4.74 Å². The number of hydrogen-bond acceptors (Lipinski definition) is 3. The molecular formula is C14H18N2O3. The van der Waals surface area contributed by atoms with E-state index in [1.165, 1.54) is 0 Å². The Labute approximate surface area is 112 Å². The van der Waals surface area contributed by atoms with Gasteiger partial charge in [-0.25, -0.2) is 14.5 Å². The first kappa shape index (κ1) is 13.4. The summed E-state index contributed by atoms with van der Waals surface area (Å²) >= 11 is 0. The van der Waals surface area contributed by atoms with Gasteiger partial charge in [0.15, 0.2) is 0 Å². The zero-order valence-corrected chi connectivity index (χ0v) is 10.9. The van der Waals surface area contributed by atoms with Gasteiger partial charge in [-0.1, -0.05) is 50.1 Å². The number of imide groups is 1. The van der Waals surface area contributed by atoms with E-state index < -0.39 is 18.2 Å². The van der Waals surface area contributed by atoms with Crippen LogP contribution < -0.4 is 5.73 Å². The molecule has 19 heavy (non-hydrogen) atoms. The molecule has 0 spiro atoms. The van der Waals surface area contributed by atoms with E-state index in [-0.39, 0.29) is 6.04 Å². The van der Waals surface area contributed by atoms with Crippen LogP contribution in [0.4, 0.5) is 9.59 Å². The van der Waals surface area contributed by atoms with Gasteiger partial charge in [0.05, 0.1) is 6.04 Å². The van der Waals surface area contributed by atoms with Gasteiger partial charge in [-0.2, -0.15) is 0 Å². The Morgan fingerprint density at radius 2 is 2.05 bits per heavy atom. The molecule has 2 atom stereocenters. The van der Waals surface area contributed by atoms with Crippen molar-refractivity contribution < 1.29 is 14.3 Å². The molecule has 1 aromatic carbocycles. The molecule has 1 saturated heterocycles. The molecule has 5 nitrogen and oxygen atoms in total. The largest absolute Gasteiger partial charge is 0.439 e. The molecular weight excluding hydrogens is 244 g/mol. The number of carbonyl (C=O) groups excluding carboxylic acids is 2. The average Bonchev–Trinajstić information content (AvgIpc) is 2.74. The predicted octanol–water partition coefficient (Wildman–Crippen LogP) is 2.82. The lowest BCUT2D eigenvalue weighted by molar-refractivity contribution is 0.129. The standard InChI is InChI=1S/C14H18N2O3/c1-2-3-9-11-12(10-7-5-4-6-8-10)19-14(18)16(11)13(15)17/h4-8,11-12H,2-3,9H2,1H3,(H2,15,17). The number of nitrogens with two attached hydrogens (primary N) is 1. The monoisotopic (exact) mass is 262 g/mol. The first-order valence-corrected chi connectivity index (χ1v) is 6.49. The number of primary amides is 1. The molecule has 1 aliphatic rings. The molecule has 3 amide bonds. The summed E-state index contributed by atoms with van der Waals surface area (Å²) in [6.07, 6.45) is 1.52. The van der Waals surface area contributed by atoms with Crippen LogP contribution in [0.5, 0.6) is 0 Å². The molecule has 0 radical (unpaired) electrons. The van der Waals surface area contributed by atoms with Crippen LogP contribution in [0.25, 0.3) is 0 Å². The molecule has 0 saturated carbocycles. The third-order valence-corrected chi connectivity index (χ3v) is 3.32. The molecule has 5 heteroatoms. The van der Waals surface area contributed by atoms with Gasteiger partial charge in [-0.3, -0.25) is 0 Å². The smallest absolute Gasteiger partial charge is 0.419 e. The van der Waals surface area contributed by atoms with Crippen LogP contribution in [0.1, 0.15) is 37.9 Å². The van der Waals surface area contributed by atoms with Gasteiger partial charge in [-0.05, 0) is 12.0 Å². The van der Waals surface area contributed by atoms with E-state index in [4.69, 9.17) is 10.5 Å². The number of hydrogen-bond donors (Lipinski definition) is 1. The van der Waals surface area contributed by atoms with Crippen LogP contribution in [0.3, 0.4) is 0 Å². The highest BCUT2D eigenvalue weighted by Crippen LogP contribution is 2.34. The molecule has 1 aromatic rings. The first-order chi connectivity index (χ1) is 9.15. The Kier molecular flexibility index (Phi) is 4.04. The van der Waals surface area contributed by atoms with Crippen molar-refractivity contribution in [3.8, 4) is 0 Å². The predicted molar refractivity (Wildman–Crippen MR) is 70.4 cm³/mol. The van der Waals surface area contributed by atoms with E-state index in [9.17, 15) is 9.59 Å². The Morgan fingerprint density at radius 3 is 2.63 bits per heavy atom. The van der Waals surface area contributed by atoms with E-state index in [1.807, 2.05) is 30.3 Å². The van der Waals surface area contributed by atoms with Gasteiger partial charge in [0.2, 0.25) is 0 Å². The lowest BCUT2D eigenvalue weighted by Gasteiger charge is -2.21. The second-order valence-corrected chi connectivity index (χ2v) is 4.63. The van der Waals surface area contributed by atoms with Gasteiger partial charge in [0.1, 0.15) is 6.10 Å². The summed E-state index contributed by atoms with van der Waals surface area (Å²) in [5.74, 6) is 0. The average molecular weight is 262 g/mol. The van der Waals surface area contributed by atoms with Crippen molar-refractivity contribution in [3.63, 3.8) is 0 Å². The normalized spacial score (nSPS) is 22.4. The minimum absolute atomic E-state index is 0.313. The van der Waals surface area contributed by atoms with Crippen LogP contribution in [0, 0.1) is 0 Å². The molecule has 2 N–H and O–H groups in total. The summed E-state index contributed by atoms with van der Waals surface area (Å²) in [6.45, 7) is 2.06. The topological polar surface area (TPSA) is 72.6 Å².